The largest absolute Gasteiger partial charge is 0.480 e. The standard InChI is InChI=1S/C6H10ClNO2S/c7-2-1-3-11-4-5(8)6(9)10/h1,3,5H,2,4,8H2,(H,9,10)/t5-/m0/s1. The summed E-state index contributed by atoms with van der Waals surface area (Å²) in [4.78, 5) is 10.2. The van der Waals surface area contributed by atoms with Crippen LogP contribution in [0.25, 0.3) is 0 Å². The fourth-order valence-electron chi connectivity index (χ4n) is 0.335. The molecule has 0 aliphatic rings. The van der Waals surface area contributed by atoms with Crippen molar-refractivity contribution in [3.63, 3.8) is 0 Å². The third-order valence-electron chi connectivity index (χ3n) is 0.875. The number of carbonyl (C=O) groups is 1. The Hall–Kier alpha value is -0.190. The first kappa shape index (κ1) is 10.8. The molecule has 0 saturated heterocycles. The van der Waals surface area contributed by atoms with Gasteiger partial charge in [0, 0.05) is 11.6 Å². The van der Waals surface area contributed by atoms with Gasteiger partial charge in [0.05, 0.1) is 0 Å². The zero-order valence-electron chi connectivity index (χ0n) is 5.87. The second-order valence-electron chi connectivity index (χ2n) is 1.80. The van der Waals surface area contributed by atoms with Crippen LogP contribution in [0.3, 0.4) is 0 Å². The lowest BCUT2D eigenvalue weighted by atomic mass is 10.4. The molecule has 0 aromatic rings. The normalized spacial score (nSPS) is 13.6. The predicted molar refractivity (Wildman–Crippen MR) is 47.9 cm³/mol. The molecule has 0 aromatic heterocycles. The van der Waals surface area contributed by atoms with E-state index >= 15 is 0 Å². The Morgan fingerprint density at radius 3 is 2.91 bits per heavy atom. The van der Waals surface area contributed by atoms with Crippen molar-refractivity contribution in [2.45, 2.75) is 6.04 Å². The maximum Gasteiger partial charge on any atom is 0.321 e. The Labute approximate surface area is 74.6 Å². The number of allylic oxidation sites excluding steroid dienone is 1. The highest BCUT2D eigenvalue weighted by molar-refractivity contribution is 8.02. The van der Waals surface area contributed by atoms with Crippen molar-refractivity contribution in [1.29, 1.82) is 0 Å². The number of halogens is 1. The van der Waals surface area contributed by atoms with Gasteiger partial charge in [0.25, 0.3) is 0 Å². The van der Waals surface area contributed by atoms with Crippen LogP contribution >= 0.6 is 23.4 Å². The van der Waals surface area contributed by atoms with Gasteiger partial charge in [0.1, 0.15) is 6.04 Å². The van der Waals surface area contributed by atoms with Gasteiger partial charge < -0.3 is 10.8 Å². The molecule has 0 saturated carbocycles. The molecule has 0 bridgehead atoms. The first-order valence-electron chi connectivity index (χ1n) is 2.99. The van der Waals surface area contributed by atoms with Crippen LogP contribution in [0.5, 0.6) is 0 Å². The van der Waals surface area contributed by atoms with Gasteiger partial charge in [-0.1, -0.05) is 6.08 Å². The summed E-state index contributed by atoms with van der Waals surface area (Å²) in [6, 6.07) is -0.792. The zero-order chi connectivity index (χ0) is 8.69. The van der Waals surface area contributed by atoms with Crippen LogP contribution in [0.1, 0.15) is 0 Å². The Morgan fingerprint density at radius 2 is 2.45 bits per heavy atom. The van der Waals surface area contributed by atoms with Crippen molar-refractivity contribution in [3.05, 3.63) is 11.5 Å². The highest BCUT2D eigenvalue weighted by Gasteiger charge is 2.09. The maximum atomic E-state index is 10.2. The highest BCUT2D eigenvalue weighted by atomic mass is 35.5. The number of rotatable bonds is 5. The van der Waals surface area contributed by atoms with Crippen molar-refractivity contribution < 1.29 is 9.90 Å². The molecule has 0 radical (unpaired) electrons. The lowest BCUT2D eigenvalue weighted by molar-refractivity contribution is -0.137. The topological polar surface area (TPSA) is 63.3 Å². The van der Waals surface area contributed by atoms with Gasteiger partial charge in [0.2, 0.25) is 0 Å². The van der Waals surface area contributed by atoms with E-state index in [4.69, 9.17) is 22.4 Å². The quantitative estimate of drug-likeness (QED) is 0.640. The van der Waals surface area contributed by atoms with E-state index in [9.17, 15) is 4.79 Å². The number of nitrogens with two attached hydrogens (primary N) is 1. The molecule has 0 heterocycles. The van der Waals surface area contributed by atoms with Crippen LogP contribution in [0, 0.1) is 0 Å². The van der Waals surface area contributed by atoms with Gasteiger partial charge in [-0.25, -0.2) is 0 Å². The third-order valence-corrected chi connectivity index (χ3v) is 1.99. The highest BCUT2D eigenvalue weighted by Crippen LogP contribution is 2.03. The lowest BCUT2D eigenvalue weighted by Gasteiger charge is -2.01. The van der Waals surface area contributed by atoms with E-state index < -0.39 is 12.0 Å². The Balaban J connectivity index is 3.38. The number of hydrogen-bond donors (Lipinski definition) is 2. The minimum atomic E-state index is -0.975. The molecule has 11 heavy (non-hydrogen) atoms. The van der Waals surface area contributed by atoms with Crippen molar-refractivity contribution in [2.75, 3.05) is 11.6 Å². The summed E-state index contributed by atoms with van der Waals surface area (Å²) in [7, 11) is 0. The van der Waals surface area contributed by atoms with E-state index in [1.54, 1.807) is 11.5 Å². The molecular weight excluding hydrogens is 186 g/mol. The van der Waals surface area contributed by atoms with Crippen molar-refractivity contribution in [2.24, 2.45) is 5.73 Å². The molecule has 0 aliphatic carbocycles. The fourth-order valence-corrected chi connectivity index (χ4v) is 1.22. The summed E-state index contributed by atoms with van der Waals surface area (Å²) in [5.74, 6) is -0.158. The minimum absolute atomic E-state index is 0.378. The van der Waals surface area contributed by atoms with Gasteiger partial charge in [0.15, 0.2) is 0 Å². The van der Waals surface area contributed by atoms with Crippen LogP contribution in [-0.2, 0) is 4.79 Å². The number of alkyl halides is 1. The second-order valence-corrected chi connectivity index (χ2v) is 3.05. The van der Waals surface area contributed by atoms with Crippen molar-refractivity contribution in [3.8, 4) is 0 Å². The molecule has 0 aromatic carbocycles. The average molecular weight is 196 g/mol. The van der Waals surface area contributed by atoms with Crippen LogP contribution in [0.15, 0.2) is 11.5 Å². The monoisotopic (exact) mass is 195 g/mol. The van der Waals surface area contributed by atoms with E-state index in [0.29, 0.717) is 11.6 Å². The molecule has 0 fully saturated rings. The molecule has 3 nitrogen and oxygen atoms in total. The van der Waals surface area contributed by atoms with Crippen LogP contribution in [-0.4, -0.2) is 28.8 Å². The molecule has 0 amide bonds. The van der Waals surface area contributed by atoms with Gasteiger partial charge >= 0.3 is 5.97 Å². The second kappa shape index (κ2) is 6.52. The van der Waals surface area contributed by atoms with Gasteiger partial charge in [-0.2, -0.15) is 0 Å². The lowest BCUT2D eigenvalue weighted by Crippen LogP contribution is -2.32. The maximum absolute atomic E-state index is 10.2. The first-order valence-corrected chi connectivity index (χ1v) is 4.57. The summed E-state index contributed by atoms with van der Waals surface area (Å²) < 4.78 is 0. The first-order chi connectivity index (χ1) is 5.18. The molecule has 64 valence electrons. The molecule has 0 unspecified atom stereocenters. The van der Waals surface area contributed by atoms with Crippen LogP contribution < -0.4 is 5.73 Å². The summed E-state index contributed by atoms with van der Waals surface area (Å²) >= 11 is 6.68. The van der Waals surface area contributed by atoms with Crippen LogP contribution in [0.4, 0.5) is 0 Å². The van der Waals surface area contributed by atoms with Crippen molar-refractivity contribution >= 4 is 29.3 Å². The SMILES string of the molecule is N[C@@H](CSC=CCCl)C(=O)O. The number of hydrogen-bond acceptors (Lipinski definition) is 3. The summed E-state index contributed by atoms with van der Waals surface area (Å²) in [6.45, 7) is 0. The van der Waals surface area contributed by atoms with Gasteiger partial charge in [-0.3, -0.25) is 4.79 Å². The molecule has 1 atom stereocenters. The Bertz CT molecular complexity index is 152. The molecule has 0 rings (SSSR count). The van der Waals surface area contributed by atoms with Crippen LogP contribution in [0.2, 0.25) is 0 Å². The van der Waals surface area contributed by atoms with Gasteiger partial charge in [-0.15, -0.1) is 23.4 Å². The summed E-state index contributed by atoms with van der Waals surface area (Å²) in [5.41, 5.74) is 5.21. The van der Waals surface area contributed by atoms with E-state index in [1.165, 1.54) is 11.8 Å². The molecule has 3 N–H and O–H groups in total. The Morgan fingerprint density at radius 1 is 1.82 bits per heavy atom. The fraction of sp³-hybridized carbons (Fsp3) is 0.500. The molecule has 0 spiro atoms. The van der Waals surface area contributed by atoms with Crippen molar-refractivity contribution in [1.82, 2.24) is 0 Å². The van der Waals surface area contributed by atoms with E-state index in [0.717, 1.165) is 0 Å². The number of carboxylic acid groups (broad SMARTS) is 1. The van der Waals surface area contributed by atoms with E-state index in [2.05, 4.69) is 0 Å². The number of thioether (sulfide) groups is 1. The zero-order valence-corrected chi connectivity index (χ0v) is 7.44. The third kappa shape index (κ3) is 6.22. The Kier molecular flexibility index (Phi) is 6.40. The summed E-state index contributed by atoms with van der Waals surface area (Å²) in [6.07, 6.45) is 1.74. The minimum Gasteiger partial charge on any atom is -0.480 e. The molecular formula is C6H10ClNO2S. The average Bonchev–Trinajstić information content (AvgIpc) is 1.97. The summed E-state index contributed by atoms with van der Waals surface area (Å²) in [5, 5.41) is 10.1. The molecule has 0 aliphatic heterocycles. The predicted octanol–water partition coefficient (Wildman–Crippen LogP) is 0.884. The number of carboxylic acids is 1. The van der Waals surface area contributed by atoms with Gasteiger partial charge in [-0.05, 0) is 5.41 Å². The van der Waals surface area contributed by atoms with E-state index in [1.807, 2.05) is 0 Å². The van der Waals surface area contributed by atoms with E-state index in [-0.39, 0.29) is 0 Å². The smallest absolute Gasteiger partial charge is 0.321 e. The number of aliphatic carboxylic acids is 1. The molecule has 5 heteroatoms.